The topological polar surface area (TPSA) is 51.7 Å². The Morgan fingerprint density at radius 3 is 2.81 bits per heavy atom. The highest BCUT2D eigenvalue weighted by Crippen LogP contribution is 2.33. The van der Waals surface area contributed by atoms with Crippen LogP contribution in [0.15, 0.2) is 60.0 Å². The Balaban J connectivity index is 1.39. The molecule has 2 aromatic carbocycles. The van der Waals surface area contributed by atoms with Crippen molar-refractivity contribution in [3.05, 3.63) is 81.8 Å². The van der Waals surface area contributed by atoms with Crippen LogP contribution in [0.2, 0.25) is 0 Å². The summed E-state index contributed by atoms with van der Waals surface area (Å²) in [5.74, 6) is 1.62. The Morgan fingerprint density at radius 1 is 1.23 bits per heavy atom. The van der Waals surface area contributed by atoms with Crippen LogP contribution >= 0.6 is 11.3 Å². The van der Waals surface area contributed by atoms with E-state index in [0.29, 0.717) is 6.61 Å². The Labute approximate surface area is 187 Å². The summed E-state index contributed by atoms with van der Waals surface area (Å²) in [5.41, 5.74) is 3.01. The molecule has 31 heavy (non-hydrogen) atoms. The number of ether oxygens (including phenoxy) is 2. The molecule has 1 aliphatic rings. The highest BCUT2D eigenvalue weighted by molar-refractivity contribution is 7.09. The SMILES string of the molecule is COc1ccc(C2CCCN2C(=O)/C=C/c2cccc(OCc3csc(C)n3)c2)cc1. The molecule has 4 rings (SSSR count). The van der Waals surface area contributed by atoms with Gasteiger partial charge in [0, 0.05) is 18.0 Å². The van der Waals surface area contributed by atoms with Crippen molar-refractivity contribution >= 4 is 23.3 Å². The molecule has 1 unspecified atom stereocenters. The zero-order chi connectivity index (χ0) is 21.6. The number of amides is 1. The smallest absolute Gasteiger partial charge is 0.247 e. The Kier molecular flexibility index (Phi) is 6.67. The van der Waals surface area contributed by atoms with Crippen LogP contribution in [0.4, 0.5) is 0 Å². The van der Waals surface area contributed by atoms with Gasteiger partial charge in [0.25, 0.3) is 0 Å². The maximum atomic E-state index is 12.9. The molecule has 1 aromatic heterocycles. The lowest BCUT2D eigenvalue weighted by atomic mass is 10.0. The minimum atomic E-state index is 0.0302. The highest BCUT2D eigenvalue weighted by atomic mass is 32.1. The van der Waals surface area contributed by atoms with Gasteiger partial charge in [-0.15, -0.1) is 11.3 Å². The van der Waals surface area contributed by atoms with Crippen molar-refractivity contribution in [2.45, 2.75) is 32.4 Å². The van der Waals surface area contributed by atoms with Gasteiger partial charge in [-0.1, -0.05) is 24.3 Å². The first-order valence-electron chi connectivity index (χ1n) is 10.4. The van der Waals surface area contributed by atoms with Crippen LogP contribution in [0.25, 0.3) is 6.08 Å². The summed E-state index contributed by atoms with van der Waals surface area (Å²) in [6, 6.07) is 15.9. The number of carbonyl (C=O) groups is 1. The molecule has 3 aromatic rings. The largest absolute Gasteiger partial charge is 0.497 e. The van der Waals surface area contributed by atoms with Gasteiger partial charge in [-0.3, -0.25) is 4.79 Å². The molecule has 1 atom stereocenters. The second-order valence-electron chi connectivity index (χ2n) is 7.52. The van der Waals surface area contributed by atoms with Crippen molar-refractivity contribution in [3.8, 4) is 11.5 Å². The minimum absolute atomic E-state index is 0.0302. The van der Waals surface area contributed by atoms with Gasteiger partial charge in [0.2, 0.25) is 5.91 Å². The second kappa shape index (κ2) is 9.79. The van der Waals surface area contributed by atoms with Gasteiger partial charge in [-0.05, 0) is 61.2 Å². The number of carbonyl (C=O) groups excluding carboxylic acids is 1. The lowest BCUT2D eigenvalue weighted by Crippen LogP contribution is -2.28. The predicted molar refractivity (Wildman–Crippen MR) is 123 cm³/mol. The molecule has 160 valence electrons. The van der Waals surface area contributed by atoms with Gasteiger partial charge < -0.3 is 14.4 Å². The van der Waals surface area contributed by atoms with Crippen molar-refractivity contribution in [2.24, 2.45) is 0 Å². The van der Waals surface area contributed by atoms with Crippen molar-refractivity contribution in [1.82, 2.24) is 9.88 Å². The van der Waals surface area contributed by atoms with Crippen molar-refractivity contribution in [2.75, 3.05) is 13.7 Å². The monoisotopic (exact) mass is 434 g/mol. The van der Waals surface area contributed by atoms with E-state index in [0.717, 1.165) is 52.7 Å². The van der Waals surface area contributed by atoms with Crippen LogP contribution in [-0.4, -0.2) is 29.4 Å². The van der Waals surface area contributed by atoms with E-state index in [2.05, 4.69) is 4.98 Å². The number of hydrogen-bond acceptors (Lipinski definition) is 5. The number of aryl methyl sites for hydroxylation is 1. The fraction of sp³-hybridized carbons (Fsp3) is 0.280. The first kappa shape index (κ1) is 21.1. The molecule has 1 fully saturated rings. The van der Waals surface area contributed by atoms with E-state index in [4.69, 9.17) is 9.47 Å². The Hall–Kier alpha value is -3.12. The molecule has 0 radical (unpaired) electrons. The van der Waals surface area contributed by atoms with Gasteiger partial charge >= 0.3 is 0 Å². The van der Waals surface area contributed by atoms with E-state index >= 15 is 0 Å². The lowest BCUT2D eigenvalue weighted by Gasteiger charge is -2.24. The zero-order valence-electron chi connectivity index (χ0n) is 17.8. The van der Waals surface area contributed by atoms with Crippen molar-refractivity contribution < 1.29 is 14.3 Å². The molecule has 0 spiro atoms. The van der Waals surface area contributed by atoms with Crippen LogP contribution in [0, 0.1) is 6.92 Å². The molecule has 0 bridgehead atoms. The first-order valence-corrected chi connectivity index (χ1v) is 11.3. The summed E-state index contributed by atoms with van der Waals surface area (Å²) in [6.45, 7) is 3.19. The summed E-state index contributed by atoms with van der Waals surface area (Å²) in [6.07, 6.45) is 5.50. The number of nitrogens with zero attached hydrogens (tertiary/aromatic N) is 2. The van der Waals surface area contributed by atoms with Crippen LogP contribution in [0.5, 0.6) is 11.5 Å². The van der Waals surface area contributed by atoms with E-state index in [1.807, 2.05) is 71.8 Å². The quantitative estimate of drug-likeness (QED) is 0.466. The maximum Gasteiger partial charge on any atom is 0.247 e. The third-order valence-corrected chi connectivity index (χ3v) is 6.19. The number of methoxy groups -OCH3 is 1. The Bertz CT molecular complexity index is 1060. The van der Waals surface area contributed by atoms with Gasteiger partial charge in [-0.25, -0.2) is 4.98 Å². The summed E-state index contributed by atoms with van der Waals surface area (Å²) >= 11 is 1.62. The first-order chi connectivity index (χ1) is 15.1. The highest BCUT2D eigenvalue weighted by Gasteiger charge is 2.28. The number of benzene rings is 2. The number of hydrogen-bond donors (Lipinski definition) is 0. The lowest BCUT2D eigenvalue weighted by molar-refractivity contribution is -0.126. The average molecular weight is 435 g/mol. The molecular formula is C25H26N2O3S. The fourth-order valence-corrected chi connectivity index (χ4v) is 4.40. The molecule has 1 amide bonds. The molecule has 5 nitrogen and oxygen atoms in total. The van der Waals surface area contributed by atoms with E-state index < -0.39 is 0 Å². The second-order valence-corrected chi connectivity index (χ2v) is 8.58. The van der Waals surface area contributed by atoms with Gasteiger partial charge in [0.1, 0.15) is 18.1 Å². The zero-order valence-corrected chi connectivity index (χ0v) is 18.6. The van der Waals surface area contributed by atoms with E-state index in [9.17, 15) is 4.79 Å². The molecule has 6 heteroatoms. The number of thiazole rings is 1. The number of rotatable bonds is 7. The van der Waals surface area contributed by atoms with Gasteiger partial charge in [0.15, 0.2) is 0 Å². The van der Waals surface area contributed by atoms with Crippen LogP contribution in [-0.2, 0) is 11.4 Å². The summed E-state index contributed by atoms with van der Waals surface area (Å²) in [4.78, 5) is 19.3. The minimum Gasteiger partial charge on any atom is -0.497 e. The normalized spacial score (nSPS) is 16.1. The molecule has 0 aliphatic carbocycles. The Morgan fingerprint density at radius 2 is 2.06 bits per heavy atom. The van der Waals surface area contributed by atoms with E-state index in [1.54, 1.807) is 24.5 Å². The summed E-state index contributed by atoms with van der Waals surface area (Å²) in [5, 5.41) is 3.04. The van der Waals surface area contributed by atoms with Crippen LogP contribution < -0.4 is 9.47 Å². The summed E-state index contributed by atoms with van der Waals surface area (Å²) in [7, 11) is 1.66. The third kappa shape index (κ3) is 5.33. The standard InChI is InChI=1S/C25H26N2O3S/c1-18-26-21(17-31-18)16-30-23-6-3-5-19(15-23)8-13-25(28)27-14-4-7-24(27)20-9-11-22(29-2)12-10-20/h3,5-6,8-13,15,17,24H,4,7,14,16H2,1-2H3/b13-8+. The molecule has 1 saturated heterocycles. The van der Waals surface area contributed by atoms with Crippen LogP contribution in [0.1, 0.15) is 40.7 Å². The van der Waals surface area contributed by atoms with E-state index in [-0.39, 0.29) is 11.9 Å². The average Bonchev–Trinajstić information content (AvgIpc) is 3.45. The van der Waals surface area contributed by atoms with Gasteiger partial charge in [0.05, 0.1) is 23.9 Å². The third-order valence-electron chi connectivity index (χ3n) is 5.37. The molecule has 0 N–H and O–H groups in total. The van der Waals surface area contributed by atoms with Gasteiger partial charge in [-0.2, -0.15) is 0 Å². The predicted octanol–water partition coefficient (Wildman–Crippen LogP) is 5.42. The van der Waals surface area contributed by atoms with Crippen molar-refractivity contribution in [3.63, 3.8) is 0 Å². The number of aromatic nitrogens is 1. The van der Waals surface area contributed by atoms with E-state index in [1.165, 1.54) is 0 Å². The fourth-order valence-electron chi connectivity index (χ4n) is 3.81. The summed E-state index contributed by atoms with van der Waals surface area (Å²) < 4.78 is 11.1. The molecule has 1 aliphatic heterocycles. The molecule has 0 saturated carbocycles. The number of likely N-dealkylation sites (tertiary alicyclic amines) is 1. The van der Waals surface area contributed by atoms with Crippen LogP contribution in [0.3, 0.4) is 0 Å². The van der Waals surface area contributed by atoms with Crippen molar-refractivity contribution in [1.29, 1.82) is 0 Å². The maximum absolute atomic E-state index is 12.9. The molecular weight excluding hydrogens is 408 g/mol. The molecule has 2 heterocycles.